The number of nitrogens with zero attached hydrogens (tertiary/aromatic N) is 4. The molecule has 0 aromatic carbocycles. The fraction of sp³-hybridized carbons (Fsp3) is 0.375. The fourth-order valence-electron chi connectivity index (χ4n) is 2.65. The summed E-state index contributed by atoms with van der Waals surface area (Å²) >= 11 is 0. The molecule has 3 rings (SSSR count). The second-order valence-corrected chi connectivity index (χ2v) is 5.28. The maximum atomic E-state index is 12.2. The zero-order chi connectivity index (χ0) is 14.5. The van der Waals surface area contributed by atoms with Gasteiger partial charge in [-0.05, 0) is 18.2 Å². The Labute approximate surface area is 125 Å². The second kappa shape index (κ2) is 6.54. The quantitative estimate of drug-likeness (QED) is 0.834. The van der Waals surface area contributed by atoms with Crippen LogP contribution < -0.4 is 4.90 Å². The largest absolute Gasteiger partial charge is 0.369 e. The Morgan fingerprint density at radius 3 is 2.52 bits per heavy atom. The maximum Gasteiger partial charge on any atom is 0.240 e. The smallest absolute Gasteiger partial charge is 0.240 e. The fourth-order valence-corrected chi connectivity index (χ4v) is 2.65. The summed E-state index contributed by atoms with van der Waals surface area (Å²) in [4.78, 5) is 22.6. The van der Waals surface area contributed by atoms with Gasteiger partial charge in [0.25, 0.3) is 0 Å². The zero-order valence-corrected chi connectivity index (χ0v) is 12.1. The third-order valence-electron chi connectivity index (χ3n) is 3.89. The first kappa shape index (κ1) is 13.8. The molecule has 110 valence electrons. The van der Waals surface area contributed by atoms with Crippen LogP contribution >= 0.6 is 0 Å². The van der Waals surface area contributed by atoms with E-state index in [4.69, 9.17) is 0 Å². The number of hydrogen-bond donors (Lipinski definition) is 0. The normalized spacial score (nSPS) is 19.0. The topological polar surface area (TPSA) is 39.7 Å². The molecule has 0 spiro atoms. The van der Waals surface area contributed by atoms with Crippen molar-refractivity contribution in [1.29, 1.82) is 0 Å². The van der Waals surface area contributed by atoms with Crippen molar-refractivity contribution >= 4 is 11.6 Å². The van der Waals surface area contributed by atoms with Crippen molar-refractivity contribution in [2.24, 2.45) is 0 Å². The van der Waals surface area contributed by atoms with Gasteiger partial charge < -0.3 is 9.80 Å². The number of pyridine rings is 1. The molecule has 0 bridgehead atoms. The van der Waals surface area contributed by atoms with Gasteiger partial charge in [0.1, 0.15) is 0 Å². The monoisotopic (exact) mass is 284 g/mol. The number of piperazine rings is 1. The van der Waals surface area contributed by atoms with Crippen LogP contribution in [0.4, 0.5) is 5.69 Å². The highest BCUT2D eigenvalue weighted by atomic mass is 16.2. The molecule has 1 fully saturated rings. The summed E-state index contributed by atoms with van der Waals surface area (Å²) in [6.07, 6.45) is 11.4. The van der Waals surface area contributed by atoms with Crippen LogP contribution in [-0.2, 0) is 4.79 Å². The van der Waals surface area contributed by atoms with Crippen molar-refractivity contribution in [1.82, 2.24) is 14.8 Å². The van der Waals surface area contributed by atoms with Crippen molar-refractivity contribution in [3.8, 4) is 0 Å². The lowest BCUT2D eigenvalue weighted by Gasteiger charge is -2.36. The Morgan fingerprint density at radius 2 is 1.86 bits per heavy atom. The van der Waals surface area contributed by atoms with Gasteiger partial charge in [0.2, 0.25) is 5.91 Å². The molecule has 0 radical (unpaired) electrons. The van der Waals surface area contributed by atoms with Gasteiger partial charge in [-0.2, -0.15) is 0 Å². The minimum Gasteiger partial charge on any atom is -0.369 e. The third kappa shape index (κ3) is 3.49. The van der Waals surface area contributed by atoms with Crippen LogP contribution in [0.5, 0.6) is 0 Å². The first-order chi connectivity index (χ1) is 10.3. The number of allylic oxidation sites excluding steroid dienone is 2. The molecule has 2 aliphatic heterocycles. The van der Waals surface area contributed by atoms with Crippen molar-refractivity contribution in [3.05, 3.63) is 49.0 Å². The van der Waals surface area contributed by atoms with Gasteiger partial charge in [0, 0.05) is 57.0 Å². The lowest BCUT2D eigenvalue weighted by molar-refractivity contribution is -0.129. The molecule has 0 atom stereocenters. The molecule has 1 saturated heterocycles. The van der Waals surface area contributed by atoms with Gasteiger partial charge >= 0.3 is 0 Å². The Balaban J connectivity index is 1.49. The maximum absolute atomic E-state index is 12.2. The van der Waals surface area contributed by atoms with E-state index in [-0.39, 0.29) is 5.91 Å². The molecule has 5 nitrogen and oxygen atoms in total. The molecule has 0 N–H and O–H groups in total. The molecule has 2 aliphatic rings. The summed E-state index contributed by atoms with van der Waals surface area (Å²) in [7, 11) is 0. The van der Waals surface area contributed by atoms with E-state index in [1.165, 1.54) is 5.69 Å². The second-order valence-electron chi connectivity index (χ2n) is 5.28. The van der Waals surface area contributed by atoms with E-state index < -0.39 is 0 Å². The van der Waals surface area contributed by atoms with E-state index in [2.05, 4.69) is 14.8 Å². The number of anilines is 1. The summed E-state index contributed by atoms with van der Waals surface area (Å²) in [6, 6.07) is 4.07. The van der Waals surface area contributed by atoms with Crippen LogP contribution in [0.25, 0.3) is 0 Å². The van der Waals surface area contributed by atoms with E-state index in [0.29, 0.717) is 13.1 Å². The van der Waals surface area contributed by atoms with E-state index in [1.807, 2.05) is 49.0 Å². The average molecular weight is 284 g/mol. The Hall–Kier alpha value is -2.14. The van der Waals surface area contributed by atoms with Gasteiger partial charge in [-0.15, -0.1) is 0 Å². The van der Waals surface area contributed by atoms with Gasteiger partial charge in [0.05, 0.1) is 6.54 Å². The van der Waals surface area contributed by atoms with E-state index in [0.717, 1.165) is 26.2 Å². The minimum absolute atomic E-state index is 0.174. The van der Waals surface area contributed by atoms with E-state index in [9.17, 15) is 4.79 Å². The highest BCUT2D eigenvalue weighted by molar-refractivity contribution is 5.79. The number of rotatable bonds is 3. The summed E-state index contributed by atoms with van der Waals surface area (Å²) in [5, 5.41) is 0. The summed E-state index contributed by atoms with van der Waals surface area (Å²) < 4.78 is 0. The SMILES string of the molecule is O=C(CN1CCN(c2ccncc2)CC1)N1C=CC=CC1. The van der Waals surface area contributed by atoms with Crippen molar-refractivity contribution in [2.45, 2.75) is 0 Å². The Bertz CT molecular complexity index is 532. The average Bonchev–Trinajstić information content (AvgIpc) is 2.57. The Morgan fingerprint density at radius 1 is 1.10 bits per heavy atom. The number of carbonyl (C=O) groups is 1. The van der Waals surface area contributed by atoms with Gasteiger partial charge in [-0.1, -0.05) is 12.2 Å². The van der Waals surface area contributed by atoms with Crippen molar-refractivity contribution in [3.63, 3.8) is 0 Å². The van der Waals surface area contributed by atoms with Gasteiger partial charge in [-0.3, -0.25) is 14.7 Å². The first-order valence-electron chi connectivity index (χ1n) is 7.33. The summed E-state index contributed by atoms with van der Waals surface area (Å²) in [5.74, 6) is 0.174. The lowest BCUT2D eigenvalue weighted by atomic mass is 10.2. The third-order valence-corrected chi connectivity index (χ3v) is 3.89. The molecule has 0 unspecified atom stereocenters. The van der Waals surface area contributed by atoms with E-state index in [1.54, 1.807) is 4.90 Å². The summed E-state index contributed by atoms with van der Waals surface area (Å²) in [6.45, 7) is 4.93. The molecule has 3 heterocycles. The highest BCUT2D eigenvalue weighted by Crippen LogP contribution is 2.14. The molecule has 1 aromatic rings. The first-order valence-corrected chi connectivity index (χ1v) is 7.33. The lowest BCUT2D eigenvalue weighted by Crippen LogP contribution is -2.49. The molecule has 1 amide bonds. The predicted octanol–water partition coefficient (Wildman–Crippen LogP) is 1.12. The molecule has 0 aliphatic carbocycles. The standard InChI is InChI=1S/C16H20N4O/c21-16(20-8-2-1-3-9-20)14-18-10-12-19(13-11-18)15-4-6-17-7-5-15/h1-8H,9-14H2. The predicted molar refractivity (Wildman–Crippen MR) is 82.9 cm³/mol. The molecule has 5 heteroatoms. The van der Waals surface area contributed by atoms with Crippen molar-refractivity contribution in [2.75, 3.05) is 44.2 Å². The van der Waals surface area contributed by atoms with Crippen LogP contribution in [0.3, 0.4) is 0 Å². The Kier molecular flexibility index (Phi) is 4.31. The van der Waals surface area contributed by atoms with E-state index >= 15 is 0 Å². The molecule has 21 heavy (non-hydrogen) atoms. The number of aromatic nitrogens is 1. The van der Waals surface area contributed by atoms with Crippen LogP contribution in [0.15, 0.2) is 49.0 Å². The van der Waals surface area contributed by atoms with Crippen LogP contribution in [0.1, 0.15) is 0 Å². The van der Waals surface area contributed by atoms with Gasteiger partial charge in [-0.25, -0.2) is 0 Å². The zero-order valence-electron chi connectivity index (χ0n) is 12.1. The van der Waals surface area contributed by atoms with Crippen LogP contribution in [-0.4, -0.2) is 60.0 Å². The number of hydrogen-bond acceptors (Lipinski definition) is 4. The summed E-state index contributed by atoms with van der Waals surface area (Å²) in [5.41, 5.74) is 1.21. The van der Waals surface area contributed by atoms with Crippen molar-refractivity contribution < 1.29 is 4.79 Å². The number of carbonyl (C=O) groups excluding carboxylic acids is 1. The van der Waals surface area contributed by atoms with Gasteiger partial charge in [0.15, 0.2) is 0 Å². The molecular weight excluding hydrogens is 264 g/mol. The number of amides is 1. The minimum atomic E-state index is 0.174. The van der Waals surface area contributed by atoms with Crippen LogP contribution in [0, 0.1) is 0 Å². The molecular formula is C16H20N4O. The molecule has 0 saturated carbocycles. The van der Waals surface area contributed by atoms with Crippen LogP contribution in [0.2, 0.25) is 0 Å². The molecule has 1 aromatic heterocycles. The highest BCUT2D eigenvalue weighted by Gasteiger charge is 2.21.